The summed E-state index contributed by atoms with van der Waals surface area (Å²) in [5, 5.41) is 0. The minimum Gasteiger partial charge on any atom is -0.407 e. The first kappa shape index (κ1) is 12.5. The van der Waals surface area contributed by atoms with Crippen molar-refractivity contribution in [1.29, 1.82) is 0 Å². The molecule has 0 N–H and O–H groups in total. The zero-order valence-electron chi connectivity index (χ0n) is 10.5. The summed E-state index contributed by atoms with van der Waals surface area (Å²) < 4.78 is 21.3. The summed E-state index contributed by atoms with van der Waals surface area (Å²) in [5.74, 6) is -3.19. The molecule has 3 heterocycles. The maximum atomic E-state index is 12.4. The van der Waals surface area contributed by atoms with Crippen molar-refractivity contribution < 1.29 is 33.3 Å². The smallest absolute Gasteiger partial charge is 0.407 e. The second kappa shape index (κ2) is 3.75. The van der Waals surface area contributed by atoms with Crippen LogP contribution in [0.15, 0.2) is 0 Å². The fourth-order valence-electron chi connectivity index (χ4n) is 2.49. The number of imide groups is 1. The van der Waals surface area contributed by atoms with Gasteiger partial charge in [0.15, 0.2) is 11.9 Å². The topological polar surface area (TPSA) is 91.4 Å². The zero-order valence-corrected chi connectivity index (χ0v) is 10.5. The Balaban J connectivity index is 1.86. The van der Waals surface area contributed by atoms with Crippen LogP contribution < -0.4 is 0 Å². The van der Waals surface area contributed by atoms with E-state index in [1.165, 1.54) is 0 Å². The molecular formula is C11H13NO7. The predicted octanol–water partition coefficient (Wildman–Crippen LogP) is -0.589. The molecule has 8 heteroatoms. The van der Waals surface area contributed by atoms with Crippen LogP contribution in [0.3, 0.4) is 0 Å². The molecule has 3 atom stereocenters. The molecule has 8 nitrogen and oxygen atoms in total. The van der Waals surface area contributed by atoms with E-state index in [9.17, 15) is 14.4 Å². The molecular weight excluding hydrogens is 258 g/mol. The Morgan fingerprint density at radius 2 is 2.05 bits per heavy atom. The number of nitrogens with zero attached hydrogens (tertiary/aromatic N) is 1. The fourth-order valence-corrected chi connectivity index (χ4v) is 2.49. The Morgan fingerprint density at radius 1 is 1.32 bits per heavy atom. The molecule has 3 fully saturated rings. The van der Waals surface area contributed by atoms with Gasteiger partial charge in [0.1, 0.15) is 12.6 Å². The highest BCUT2D eigenvalue weighted by molar-refractivity contribution is 5.97. The fraction of sp³-hybridized carbons (Fsp3) is 0.727. The second-order valence-corrected chi connectivity index (χ2v) is 5.12. The molecule has 104 valence electrons. The Kier molecular flexibility index (Phi) is 2.47. The van der Waals surface area contributed by atoms with E-state index in [0.717, 1.165) is 4.90 Å². The summed E-state index contributed by atoms with van der Waals surface area (Å²) in [6, 6.07) is 0. The van der Waals surface area contributed by atoms with Crippen LogP contribution in [0.1, 0.15) is 13.8 Å². The summed E-state index contributed by atoms with van der Waals surface area (Å²) in [4.78, 5) is 35.2. The van der Waals surface area contributed by atoms with Crippen molar-refractivity contribution in [2.24, 2.45) is 0 Å². The van der Waals surface area contributed by atoms with Crippen molar-refractivity contribution in [3.05, 3.63) is 0 Å². The first-order valence-corrected chi connectivity index (χ1v) is 5.86. The first-order chi connectivity index (χ1) is 8.87. The minimum atomic E-state index is -1.76. The third kappa shape index (κ3) is 1.75. The molecule has 0 saturated carbocycles. The SMILES string of the molecule is CC1(C)O[C@@H]2CO[C@]3(CN(C=O)C(=O)O3)C(=O)[C@@H]2O1. The van der Waals surface area contributed by atoms with E-state index >= 15 is 0 Å². The maximum absolute atomic E-state index is 12.4. The molecule has 0 bridgehead atoms. The Morgan fingerprint density at radius 3 is 2.68 bits per heavy atom. The summed E-state index contributed by atoms with van der Waals surface area (Å²) in [7, 11) is 0. The molecule has 0 aliphatic carbocycles. The van der Waals surface area contributed by atoms with E-state index in [2.05, 4.69) is 0 Å². The number of amides is 2. The van der Waals surface area contributed by atoms with Crippen molar-refractivity contribution in [2.75, 3.05) is 13.2 Å². The quantitative estimate of drug-likeness (QED) is 0.588. The molecule has 19 heavy (non-hydrogen) atoms. The Hall–Kier alpha value is -1.51. The van der Waals surface area contributed by atoms with Crippen molar-refractivity contribution in [2.45, 2.75) is 37.6 Å². The van der Waals surface area contributed by atoms with E-state index in [0.29, 0.717) is 6.41 Å². The molecule has 2 amide bonds. The van der Waals surface area contributed by atoms with Gasteiger partial charge in [-0.3, -0.25) is 9.59 Å². The van der Waals surface area contributed by atoms with Gasteiger partial charge >= 0.3 is 6.09 Å². The maximum Gasteiger partial charge on any atom is 0.419 e. The lowest BCUT2D eigenvalue weighted by molar-refractivity contribution is -0.219. The van der Waals surface area contributed by atoms with Crippen molar-refractivity contribution >= 4 is 18.3 Å². The number of fused-ring (bicyclic) bond motifs is 1. The van der Waals surface area contributed by atoms with Crippen LogP contribution in [0.5, 0.6) is 0 Å². The van der Waals surface area contributed by atoms with E-state index in [-0.39, 0.29) is 13.2 Å². The zero-order chi connectivity index (χ0) is 13.8. The van der Waals surface area contributed by atoms with Crippen LogP contribution in [-0.2, 0) is 28.5 Å². The van der Waals surface area contributed by atoms with E-state index in [1.54, 1.807) is 13.8 Å². The molecule has 0 aromatic heterocycles. The Labute approximate surface area is 108 Å². The van der Waals surface area contributed by atoms with Gasteiger partial charge in [0.2, 0.25) is 12.2 Å². The van der Waals surface area contributed by atoms with Crippen molar-refractivity contribution in [1.82, 2.24) is 4.90 Å². The van der Waals surface area contributed by atoms with Gasteiger partial charge in [0.05, 0.1) is 6.61 Å². The van der Waals surface area contributed by atoms with Crippen LogP contribution in [0, 0.1) is 0 Å². The van der Waals surface area contributed by atoms with Gasteiger partial charge in [-0.25, -0.2) is 9.69 Å². The van der Waals surface area contributed by atoms with E-state index in [4.69, 9.17) is 18.9 Å². The molecule has 0 radical (unpaired) electrons. The normalized spacial score (nSPS) is 40.4. The highest BCUT2D eigenvalue weighted by Crippen LogP contribution is 2.38. The third-order valence-electron chi connectivity index (χ3n) is 3.29. The largest absolute Gasteiger partial charge is 0.419 e. The standard InChI is InChI=1S/C11H13NO7/c1-10(2)17-6-3-16-11(8(14)7(6)18-10)4-12(5-13)9(15)19-11/h5-7H,3-4H2,1-2H3/t6-,7-,11+/m1/s1. The molecule has 0 unspecified atom stereocenters. The van der Waals surface area contributed by atoms with Crippen molar-refractivity contribution in [3.63, 3.8) is 0 Å². The van der Waals surface area contributed by atoms with Crippen LogP contribution in [0.2, 0.25) is 0 Å². The third-order valence-corrected chi connectivity index (χ3v) is 3.29. The van der Waals surface area contributed by atoms with Gasteiger partial charge in [0, 0.05) is 0 Å². The Bertz CT molecular complexity index is 462. The average Bonchev–Trinajstić information content (AvgIpc) is 2.83. The van der Waals surface area contributed by atoms with Gasteiger partial charge in [-0.05, 0) is 13.8 Å². The van der Waals surface area contributed by atoms with Crippen LogP contribution in [0.4, 0.5) is 4.79 Å². The van der Waals surface area contributed by atoms with Gasteiger partial charge in [0.25, 0.3) is 5.79 Å². The highest BCUT2D eigenvalue weighted by Gasteiger charge is 2.62. The molecule has 0 aromatic rings. The molecule has 1 spiro atoms. The molecule has 3 rings (SSSR count). The summed E-state index contributed by atoms with van der Waals surface area (Å²) in [6.45, 7) is 3.16. The predicted molar refractivity (Wildman–Crippen MR) is 56.8 cm³/mol. The molecule has 3 aliphatic heterocycles. The number of hydrogen-bond acceptors (Lipinski definition) is 7. The second-order valence-electron chi connectivity index (χ2n) is 5.12. The lowest BCUT2D eigenvalue weighted by atomic mass is 9.99. The summed E-state index contributed by atoms with van der Waals surface area (Å²) in [6.07, 6.45) is -1.99. The van der Waals surface area contributed by atoms with E-state index in [1.807, 2.05) is 0 Å². The number of ether oxygens (including phenoxy) is 4. The van der Waals surface area contributed by atoms with Gasteiger partial charge in [-0.1, -0.05) is 0 Å². The number of hydrogen-bond donors (Lipinski definition) is 0. The van der Waals surface area contributed by atoms with Crippen LogP contribution in [0.25, 0.3) is 0 Å². The van der Waals surface area contributed by atoms with E-state index < -0.39 is 35.7 Å². The van der Waals surface area contributed by atoms with Crippen LogP contribution >= 0.6 is 0 Å². The lowest BCUT2D eigenvalue weighted by Gasteiger charge is -2.33. The summed E-state index contributed by atoms with van der Waals surface area (Å²) >= 11 is 0. The monoisotopic (exact) mass is 271 g/mol. The number of rotatable bonds is 1. The van der Waals surface area contributed by atoms with Gasteiger partial charge in [-0.15, -0.1) is 0 Å². The van der Waals surface area contributed by atoms with Crippen LogP contribution in [-0.4, -0.2) is 60.1 Å². The molecule has 3 aliphatic rings. The number of carbonyl (C=O) groups excluding carboxylic acids is 3. The van der Waals surface area contributed by atoms with Crippen molar-refractivity contribution in [3.8, 4) is 0 Å². The average molecular weight is 271 g/mol. The molecule has 0 aromatic carbocycles. The first-order valence-electron chi connectivity index (χ1n) is 5.86. The molecule has 3 saturated heterocycles. The number of ketones is 1. The highest BCUT2D eigenvalue weighted by atomic mass is 16.8. The van der Waals surface area contributed by atoms with Gasteiger partial charge in [-0.2, -0.15) is 0 Å². The number of carbonyl (C=O) groups is 3. The number of Topliss-reactive ketones (excluding diaryl/α,β-unsaturated/α-hetero) is 1. The summed E-state index contributed by atoms with van der Waals surface area (Å²) in [5.41, 5.74) is 0. The minimum absolute atomic E-state index is 0.0554. The van der Waals surface area contributed by atoms with Gasteiger partial charge < -0.3 is 18.9 Å². The lowest BCUT2D eigenvalue weighted by Crippen LogP contribution is -2.59.